The molecule has 2 aromatic heterocycles. The Labute approximate surface area is 188 Å². The van der Waals surface area contributed by atoms with Crippen molar-refractivity contribution in [3.8, 4) is 5.75 Å². The third-order valence-corrected chi connectivity index (χ3v) is 5.63. The van der Waals surface area contributed by atoms with E-state index >= 15 is 0 Å². The molecule has 9 nitrogen and oxygen atoms in total. The van der Waals surface area contributed by atoms with Crippen molar-refractivity contribution in [3.05, 3.63) is 60.6 Å². The van der Waals surface area contributed by atoms with Gasteiger partial charge < -0.3 is 28.8 Å². The Balaban J connectivity index is 1.37. The number of benzene rings is 1. The number of aliphatic imine (C=N–C) groups is 1. The zero-order valence-corrected chi connectivity index (χ0v) is 18.8. The molecule has 170 valence electrons. The van der Waals surface area contributed by atoms with E-state index in [0.717, 1.165) is 69.0 Å². The molecule has 1 aliphatic rings. The van der Waals surface area contributed by atoms with Gasteiger partial charge in [-0.25, -0.2) is 4.99 Å². The highest BCUT2D eigenvalue weighted by Crippen LogP contribution is 2.20. The molecule has 3 aromatic rings. The molecule has 1 aliphatic heterocycles. The first-order valence-electron chi connectivity index (χ1n) is 11.1. The summed E-state index contributed by atoms with van der Waals surface area (Å²) in [5.41, 5.74) is 1.21. The standard InChI is InChI=1S/C23H31N7O2/c1-3-22-27-26-18-30(22)11-10-24-23(25-17-21-5-4-16-32-21)29-14-12-28(13-15-29)19-6-8-20(31-2)9-7-19/h4-9,16,18H,3,10-15,17H2,1-2H3,(H,24,25). The summed E-state index contributed by atoms with van der Waals surface area (Å²) < 4.78 is 12.8. The second-order valence-electron chi connectivity index (χ2n) is 7.61. The van der Waals surface area contributed by atoms with Crippen LogP contribution in [0.3, 0.4) is 0 Å². The molecule has 1 N–H and O–H groups in total. The van der Waals surface area contributed by atoms with Crippen LogP contribution in [0.1, 0.15) is 18.5 Å². The number of aromatic nitrogens is 3. The van der Waals surface area contributed by atoms with Gasteiger partial charge in [0, 0.05) is 51.4 Å². The van der Waals surface area contributed by atoms with Gasteiger partial charge in [0.05, 0.1) is 13.4 Å². The number of aryl methyl sites for hydroxylation is 1. The van der Waals surface area contributed by atoms with Crippen molar-refractivity contribution in [3.63, 3.8) is 0 Å². The van der Waals surface area contributed by atoms with E-state index in [4.69, 9.17) is 14.1 Å². The van der Waals surface area contributed by atoms with Crippen LogP contribution in [0.2, 0.25) is 0 Å². The van der Waals surface area contributed by atoms with Crippen molar-refractivity contribution in [2.75, 3.05) is 44.7 Å². The molecule has 9 heteroatoms. The maximum Gasteiger partial charge on any atom is 0.194 e. The second-order valence-corrected chi connectivity index (χ2v) is 7.61. The number of methoxy groups -OCH3 is 1. The molecule has 1 saturated heterocycles. The van der Waals surface area contributed by atoms with E-state index in [1.807, 2.05) is 24.3 Å². The second kappa shape index (κ2) is 10.7. The molecule has 0 radical (unpaired) electrons. The van der Waals surface area contributed by atoms with Gasteiger partial charge in [-0.15, -0.1) is 10.2 Å². The Bertz CT molecular complexity index is 974. The van der Waals surface area contributed by atoms with Crippen LogP contribution >= 0.6 is 0 Å². The maximum atomic E-state index is 5.47. The number of hydrogen-bond acceptors (Lipinski definition) is 6. The van der Waals surface area contributed by atoms with E-state index in [2.05, 4.69) is 48.9 Å². The average Bonchev–Trinajstić information content (AvgIpc) is 3.53. The molecule has 0 unspecified atom stereocenters. The molecule has 0 bridgehead atoms. The molecule has 0 amide bonds. The van der Waals surface area contributed by atoms with Crippen molar-refractivity contribution in [2.24, 2.45) is 4.99 Å². The number of piperazine rings is 1. The number of hydrogen-bond donors (Lipinski definition) is 1. The van der Waals surface area contributed by atoms with Gasteiger partial charge >= 0.3 is 0 Å². The van der Waals surface area contributed by atoms with Crippen molar-refractivity contribution in [1.29, 1.82) is 0 Å². The van der Waals surface area contributed by atoms with Gasteiger partial charge in [-0.05, 0) is 36.4 Å². The average molecular weight is 438 g/mol. The fourth-order valence-corrected chi connectivity index (χ4v) is 3.82. The number of anilines is 1. The van der Waals surface area contributed by atoms with Gasteiger partial charge in [0.25, 0.3) is 0 Å². The summed E-state index contributed by atoms with van der Waals surface area (Å²) in [5.74, 6) is 3.63. The first-order valence-corrected chi connectivity index (χ1v) is 11.1. The SMILES string of the molecule is CCc1nncn1CCNC(=NCc1ccco1)N1CCN(c2ccc(OC)cc2)CC1. The van der Waals surface area contributed by atoms with Crippen LogP contribution in [-0.4, -0.2) is 65.5 Å². The zero-order chi connectivity index (χ0) is 22.2. The summed E-state index contributed by atoms with van der Waals surface area (Å²) in [7, 11) is 1.69. The predicted molar refractivity (Wildman–Crippen MR) is 124 cm³/mol. The Morgan fingerprint density at radius 1 is 1.16 bits per heavy atom. The van der Waals surface area contributed by atoms with Gasteiger partial charge in [-0.1, -0.05) is 6.92 Å². The smallest absolute Gasteiger partial charge is 0.194 e. The van der Waals surface area contributed by atoms with Crippen LogP contribution in [0, 0.1) is 0 Å². The molecule has 0 saturated carbocycles. The van der Waals surface area contributed by atoms with Gasteiger partial charge in [-0.3, -0.25) is 0 Å². The third-order valence-electron chi connectivity index (χ3n) is 5.63. The fraction of sp³-hybridized carbons (Fsp3) is 0.435. The van der Waals surface area contributed by atoms with E-state index in [0.29, 0.717) is 6.54 Å². The summed E-state index contributed by atoms with van der Waals surface area (Å²) in [6, 6.07) is 12.1. The van der Waals surface area contributed by atoms with Gasteiger partial charge in [0.15, 0.2) is 5.96 Å². The molecule has 0 aliphatic carbocycles. The monoisotopic (exact) mass is 437 g/mol. The molecule has 1 fully saturated rings. The van der Waals surface area contributed by atoms with E-state index in [1.165, 1.54) is 5.69 Å². The van der Waals surface area contributed by atoms with Gasteiger partial charge in [0.2, 0.25) is 0 Å². The number of nitrogens with zero attached hydrogens (tertiary/aromatic N) is 6. The lowest BCUT2D eigenvalue weighted by molar-refractivity contribution is 0.369. The normalized spacial score (nSPS) is 14.6. The first kappa shape index (κ1) is 21.7. The molecular formula is C23H31N7O2. The highest BCUT2D eigenvalue weighted by atomic mass is 16.5. The minimum absolute atomic E-state index is 0.515. The number of furan rings is 1. The van der Waals surface area contributed by atoms with Crippen LogP contribution in [0.4, 0.5) is 5.69 Å². The molecule has 0 atom stereocenters. The van der Waals surface area contributed by atoms with Crippen molar-refractivity contribution < 1.29 is 9.15 Å². The molecule has 3 heterocycles. The molecule has 4 rings (SSSR count). The molecular weight excluding hydrogens is 406 g/mol. The van der Waals surface area contributed by atoms with Crippen LogP contribution in [-0.2, 0) is 19.5 Å². The topological polar surface area (TPSA) is 84.0 Å². The minimum Gasteiger partial charge on any atom is -0.497 e. The van der Waals surface area contributed by atoms with Crippen LogP contribution in [0.15, 0.2) is 58.4 Å². The summed E-state index contributed by atoms with van der Waals surface area (Å²) in [5, 5.41) is 11.7. The van der Waals surface area contributed by atoms with Crippen LogP contribution in [0.25, 0.3) is 0 Å². The lowest BCUT2D eigenvalue weighted by Gasteiger charge is -2.37. The maximum absolute atomic E-state index is 5.47. The van der Waals surface area contributed by atoms with Crippen LogP contribution in [0.5, 0.6) is 5.75 Å². The van der Waals surface area contributed by atoms with Crippen molar-refractivity contribution >= 4 is 11.6 Å². The Morgan fingerprint density at radius 3 is 2.66 bits per heavy atom. The highest BCUT2D eigenvalue weighted by molar-refractivity contribution is 5.80. The Morgan fingerprint density at radius 2 is 1.97 bits per heavy atom. The summed E-state index contributed by atoms with van der Waals surface area (Å²) in [4.78, 5) is 9.54. The summed E-state index contributed by atoms with van der Waals surface area (Å²) in [6.07, 6.45) is 4.34. The molecule has 1 aromatic carbocycles. The minimum atomic E-state index is 0.515. The third kappa shape index (κ3) is 5.40. The molecule has 0 spiro atoms. The predicted octanol–water partition coefficient (Wildman–Crippen LogP) is 2.41. The van der Waals surface area contributed by atoms with Gasteiger partial charge in [-0.2, -0.15) is 0 Å². The van der Waals surface area contributed by atoms with E-state index in [9.17, 15) is 0 Å². The zero-order valence-electron chi connectivity index (χ0n) is 18.8. The van der Waals surface area contributed by atoms with E-state index in [-0.39, 0.29) is 0 Å². The number of ether oxygens (including phenoxy) is 1. The Kier molecular flexibility index (Phi) is 7.27. The lowest BCUT2D eigenvalue weighted by atomic mass is 10.2. The summed E-state index contributed by atoms with van der Waals surface area (Å²) in [6.45, 7) is 7.79. The lowest BCUT2D eigenvalue weighted by Crippen LogP contribution is -2.53. The largest absolute Gasteiger partial charge is 0.497 e. The fourth-order valence-electron chi connectivity index (χ4n) is 3.82. The Hall–Kier alpha value is -3.49. The van der Waals surface area contributed by atoms with Gasteiger partial charge in [0.1, 0.15) is 30.2 Å². The quantitative estimate of drug-likeness (QED) is 0.428. The van der Waals surface area contributed by atoms with E-state index in [1.54, 1.807) is 19.7 Å². The van der Waals surface area contributed by atoms with Crippen molar-refractivity contribution in [1.82, 2.24) is 25.0 Å². The summed E-state index contributed by atoms with van der Waals surface area (Å²) >= 11 is 0. The van der Waals surface area contributed by atoms with E-state index < -0.39 is 0 Å². The molecule has 32 heavy (non-hydrogen) atoms. The highest BCUT2D eigenvalue weighted by Gasteiger charge is 2.20. The first-order chi connectivity index (χ1) is 15.8. The number of rotatable bonds is 8. The van der Waals surface area contributed by atoms with Crippen molar-refractivity contribution in [2.45, 2.75) is 26.4 Å². The number of guanidine groups is 1. The van der Waals surface area contributed by atoms with Crippen LogP contribution < -0.4 is 15.0 Å². The number of nitrogens with one attached hydrogen (secondary N) is 1.